The molecule has 3 aromatic rings. The van der Waals surface area contributed by atoms with Crippen molar-refractivity contribution in [2.24, 2.45) is 0 Å². The number of nitrogens with zero attached hydrogens (tertiary/aromatic N) is 4. The highest BCUT2D eigenvalue weighted by Gasteiger charge is 2.41. The third kappa shape index (κ3) is 6.95. The van der Waals surface area contributed by atoms with E-state index in [4.69, 9.17) is 8.92 Å². The second-order valence-corrected chi connectivity index (χ2v) is 15.1. The zero-order valence-corrected chi connectivity index (χ0v) is 27.1. The van der Waals surface area contributed by atoms with Crippen molar-refractivity contribution >= 4 is 44.7 Å². The topological polar surface area (TPSA) is 111 Å². The van der Waals surface area contributed by atoms with Crippen LogP contribution in [0.4, 0.5) is 32.6 Å². The Morgan fingerprint density at radius 3 is 2.39 bits per heavy atom. The number of piperazine rings is 1. The van der Waals surface area contributed by atoms with E-state index in [1.807, 2.05) is 0 Å². The van der Waals surface area contributed by atoms with Crippen molar-refractivity contribution in [2.75, 3.05) is 37.4 Å². The number of rotatable bonds is 5. The predicted molar refractivity (Wildman–Crippen MR) is 161 cm³/mol. The van der Waals surface area contributed by atoms with Gasteiger partial charge in [0.2, 0.25) is 0 Å². The van der Waals surface area contributed by atoms with Gasteiger partial charge in [-0.05, 0) is 45.9 Å². The Labute approximate surface area is 265 Å². The van der Waals surface area contributed by atoms with Crippen LogP contribution >= 0.6 is 11.8 Å². The third-order valence-electron chi connectivity index (χ3n) is 7.39. The van der Waals surface area contributed by atoms with Gasteiger partial charge in [-0.3, -0.25) is 8.75 Å². The number of ether oxygens (including phenoxy) is 1. The second-order valence-electron chi connectivity index (χ2n) is 12.2. The van der Waals surface area contributed by atoms with Gasteiger partial charge in [-0.1, -0.05) is 0 Å². The summed E-state index contributed by atoms with van der Waals surface area (Å²) in [5.41, 5.74) is -3.99. The van der Waals surface area contributed by atoms with Crippen LogP contribution in [0.5, 0.6) is 0 Å². The molecule has 1 saturated heterocycles. The molecule has 0 bridgehead atoms. The van der Waals surface area contributed by atoms with Crippen LogP contribution in [-0.2, 0) is 31.8 Å². The molecule has 2 aliphatic rings. The minimum atomic E-state index is -5.04. The van der Waals surface area contributed by atoms with Crippen LogP contribution < -0.4 is 10.6 Å². The summed E-state index contributed by atoms with van der Waals surface area (Å²) in [6.07, 6.45) is -4.80. The van der Waals surface area contributed by atoms with Gasteiger partial charge in [0.25, 0.3) is 10.1 Å². The number of anilines is 1. The van der Waals surface area contributed by atoms with Crippen molar-refractivity contribution < 1.29 is 44.1 Å². The number of carbonyl (C=O) groups excluding carboxylic acids is 1. The van der Waals surface area contributed by atoms with Gasteiger partial charge < -0.3 is 14.5 Å². The van der Waals surface area contributed by atoms with Crippen molar-refractivity contribution in [3.63, 3.8) is 0 Å². The van der Waals surface area contributed by atoms with Crippen LogP contribution in [0.3, 0.4) is 0 Å². The molecule has 2 atom stereocenters. The van der Waals surface area contributed by atoms with Crippen molar-refractivity contribution in [1.29, 1.82) is 0 Å². The smallest absolute Gasteiger partial charge is 0.417 e. The van der Waals surface area contributed by atoms with Crippen LogP contribution in [0.2, 0.25) is 0 Å². The quantitative estimate of drug-likeness (QED) is 0.262. The molecule has 1 aromatic heterocycles. The Hall–Kier alpha value is -3.44. The zero-order valence-electron chi connectivity index (χ0n) is 25.4. The van der Waals surface area contributed by atoms with Gasteiger partial charge in [-0.2, -0.15) is 26.6 Å². The standard InChI is InChI=1S/C29H31F5N4O6S2/c1-15-12-36(27(40)44-28(2,3)4)8-9-37(15)25-19-11-20(29(32,33)34)22(18-7-6-16(30)10-21(18)31)24-23(19)38(26(39)35-25)13-17(45-24)14-43-46(5,41)42/h6-7,10-11,15,17H,8-9,12-14H2,1-5H3/t15-,17-/m0/s1. The SMILES string of the molecule is C[C@H]1CN(C(=O)OC(C)(C)C)CCN1c1nc(=O)n2c3c(c(-c4ccc(F)cc4F)c(C(F)(F)F)cc13)S[C@H](COS(C)(=O)=O)C2. The Bertz CT molecular complexity index is 1880. The number of carbonyl (C=O) groups is 1. The molecule has 2 aromatic carbocycles. The first-order chi connectivity index (χ1) is 21.2. The number of hydrogen-bond acceptors (Lipinski definition) is 9. The molecular formula is C29H31F5N4O6S2. The van der Waals surface area contributed by atoms with E-state index in [-0.39, 0.29) is 47.8 Å². The summed E-state index contributed by atoms with van der Waals surface area (Å²) in [4.78, 5) is 33.4. The van der Waals surface area contributed by atoms with Crippen LogP contribution in [0.1, 0.15) is 33.3 Å². The Kier molecular flexibility index (Phi) is 8.83. The number of benzene rings is 2. The Balaban J connectivity index is 1.72. The van der Waals surface area contributed by atoms with E-state index in [0.717, 1.165) is 40.8 Å². The molecule has 3 heterocycles. The second kappa shape index (κ2) is 12.0. The van der Waals surface area contributed by atoms with Crippen molar-refractivity contribution in [1.82, 2.24) is 14.5 Å². The monoisotopic (exact) mass is 690 g/mol. The maximum atomic E-state index is 15.2. The normalized spacial score (nSPS) is 19.1. The zero-order chi connectivity index (χ0) is 33.9. The van der Waals surface area contributed by atoms with Gasteiger partial charge in [0.1, 0.15) is 23.1 Å². The molecule has 0 radical (unpaired) electrons. The predicted octanol–water partition coefficient (Wildman–Crippen LogP) is 5.26. The largest absolute Gasteiger partial charge is 0.444 e. The van der Waals surface area contributed by atoms with Crippen molar-refractivity contribution in [3.8, 4) is 11.1 Å². The number of halogens is 5. The average molecular weight is 691 g/mol. The summed E-state index contributed by atoms with van der Waals surface area (Å²) in [5, 5.41) is -0.946. The Morgan fingerprint density at radius 1 is 1.11 bits per heavy atom. The molecule has 10 nitrogen and oxygen atoms in total. The molecule has 1 fully saturated rings. The molecule has 17 heteroatoms. The van der Waals surface area contributed by atoms with Crippen LogP contribution in [-0.4, -0.2) is 78.4 Å². The molecule has 46 heavy (non-hydrogen) atoms. The molecule has 2 aliphatic heterocycles. The summed E-state index contributed by atoms with van der Waals surface area (Å²) in [7, 11) is -3.96. The molecule has 0 spiro atoms. The van der Waals surface area contributed by atoms with Gasteiger partial charge in [-0.15, -0.1) is 11.8 Å². The minimum Gasteiger partial charge on any atom is -0.444 e. The fourth-order valence-electron chi connectivity index (χ4n) is 5.54. The molecule has 5 rings (SSSR count). The lowest BCUT2D eigenvalue weighted by Gasteiger charge is -2.41. The van der Waals surface area contributed by atoms with E-state index in [9.17, 15) is 35.6 Å². The number of thioether (sulfide) groups is 1. The number of hydrogen-bond donors (Lipinski definition) is 0. The first kappa shape index (κ1) is 33.9. The number of amides is 1. The van der Waals surface area contributed by atoms with Crippen molar-refractivity contribution in [2.45, 2.75) is 62.2 Å². The molecule has 0 unspecified atom stereocenters. The lowest BCUT2D eigenvalue weighted by atomic mass is 9.95. The van der Waals surface area contributed by atoms with E-state index < -0.39 is 79.9 Å². The maximum absolute atomic E-state index is 15.2. The molecule has 0 N–H and O–H groups in total. The van der Waals surface area contributed by atoms with E-state index in [2.05, 4.69) is 4.98 Å². The first-order valence-corrected chi connectivity index (χ1v) is 16.8. The van der Waals surface area contributed by atoms with E-state index in [1.54, 1.807) is 32.6 Å². The van der Waals surface area contributed by atoms with Crippen LogP contribution in [0.15, 0.2) is 34.0 Å². The fourth-order valence-corrected chi connectivity index (χ4v) is 7.40. The highest BCUT2D eigenvalue weighted by atomic mass is 32.2. The average Bonchev–Trinajstić information content (AvgIpc) is 2.92. The Morgan fingerprint density at radius 2 is 1.80 bits per heavy atom. The molecule has 250 valence electrons. The summed E-state index contributed by atoms with van der Waals surface area (Å²) < 4.78 is 109. The minimum absolute atomic E-state index is 0.0316. The molecule has 1 amide bonds. The summed E-state index contributed by atoms with van der Waals surface area (Å²) in [6, 6.07) is 2.46. The van der Waals surface area contributed by atoms with Crippen LogP contribution in [0.25, 0.3) is 22.0 Å². The van der Waals surface area contributed by atoms with Crippen LogP contribution in [0, 0.1) is 11.6 Å². The van der Waals surface area contributed by atoms with Gasteiger partial charge in [-0.25, -0.2) is 18.4 Å². The highest BCUT2D eigenvalue weighted by Crippen LogP contribution is 2.50. The summed E-state index contributed by atoms with van der Waals surface area (Å²) >= 11 is 0.804. The maximum Gasteiger partial charge on any atom is 0.417 e. The molecule has 0 saturated carbocycles. The first-order valence-electron chi connectivity index (χ1n) is 14.1. The fraction of sp³-hybridized carbons (Fsp3) is 0.483. The lowest BCUT2D eigenvalue weighted by Crippen LogP contribution is -2.55. The number of aromatic nitrogens is 2. The summed E-state index contributed by atoms with van der Waals surface area (Å²) in [6.45, 7) is 6.57. The number of alkyl halides is 3. The van der Waals surface area contributed by atoms with E-state index in [1.165, 1.54) is 4.90 Å². The lowest BCUT2D eigenvalue weighted by molar-refractivity contribution is -0.137. The molecule has 0 aliphatic carbocycles. The van der Waals surface area contributed by atoms with Gasteiger partial charge in [0.05, 0.1) is 29.2 Å². The molecular weight excluding hydrogens is 659 g/mol. The van der Waals surface area contributed by atoms with E-state index in [0.29, 0.717) is 6.07 Å². The van der Waals surface area contributed by atoms with Crippen molar-refractivity contribution in [3.05, 3.63) is 51.9 Å². The van der Waals surface area contributed by atoms with Gasteiger partial charge in [0, 0.05) is 59.7 Å². The highest BCUT2D eigenvalue weighted by molar-refractivity contribution is 8.00. The third-order valence-corrected chi connectivity index (χ3v) is 9.21. The van der Waals surface area contributed by atoms with Gasteiger partial charge in [0.15, 0.2) is 0 Å². The summed E-state index contributed by atoms with van der Waals surface area (Å²) in [5.74, 6) is -2.32. The van der Waals surface area contributed by atoms with Gasteiger partial charge >= 0.3 is 18.0 Å². The van der Waals surface area contributed by atoms with E-state index >= 15 is 4.39 Å².